The summed E-state index contributed by atoms with van der Waals surface area (Å²) in [6, 6.07) is 13.3. The van der Waals surface area contributed by atoms with Gasteiger partial charge in [0.25, 0.3) is 0 Å². The van der Waals surface area contributed by atoms with Crippen LogP contribution in [0.25, 0.3) is 0 Å². The molecule has 150 valence electrons. The zero-order valence-corrected chi connectivity index (χ0v) is 17.3. The summed E-state index contributed by atoms with van der Waals surface area (Å²) >= 11 is 12.4. The standard InChI is InChI=1S/C21H24Cl2N2O3/c1-27-16-7-5-15(6-8-16)20(25-9-11-28-12-10-25)14-24-21(26)13-17-18(22)3-2-4-19(17)23/h2-8,20H,9-14H2,1H3,(H,24,26)/t20-/m0/s1. The summed E-state index contributed by atoms with van der Waals surface area (Å²) in [4.78, 5) is 14.9. The van der Waals surface area contributed by atoms with Gasteiger partial charge in [0.15, 0.2) is 0 Å². The number of nitrogens with one attached hydrogen (secondary N) is 1. The summed E-state index contributed by atoms with van der Waals surface area (Å²) < 4.78 is 10.7. The van der Waals surface area contributed by atoms with Crippen LogP contribution in [-0.2, 0) is 16.0 Å². The molecule has 0 aromatic heterocycles. The van der Waals surface area contributed by atoms with Crippen LogP contribution in [0.1, 0.15) is 17.2 Å². The van der Waals surface area contributed by atoms with Crippen molar-refractivity contribution < 1.29 is 14.3 Å². The molecule has 5 nitrogen and oxygen atoms in total. The topological polar surface area (TPSA) is 50.8 Å². The number of rotatable bonds is 7. The van der Waals surface area contributed by atoms with E-state index < -0.39 is 0 Å². The van der Waals surface area contributed by atoms with Crippen molar-refractivity contribution in [3.05, 3.63) is 63.6 Å². The number of hydrogen-bond acceptors (Lipinski definition) is 4. The Labute approximate surface area is 175 Å². The molecule has 0 spiro atoms. The quantitative estimate of drug-likeness (QED) is 0.738. The molecule has 2 aromatic carbocycles. The van der Waals surface area contributed by atoms with E-state index >= 15 is 0 Å². The van der Waals surface area contributed by atoms with Crippen LogP contribution in [0.4, 0.5) is 0 Å². The number of carbonyl (C=O) groups is 1. The molecular formula is C21H24Cl2N2O3. The van der Waals surface area contributed by atoms with Crippen molar-refractivity contribution in [3.63, 3.8) is 0 Å². The lowest BCUT2D eigenvalue weighted by Gasteiger charge is -2.35. The number of ether oxygens (including phenoxy) is 2. The first-order valence-electron chi connectivity index (χ1n) is 9.24. The van der Waals surface area contributed by atoms with Gasteiger partial charge in [0.05, 0.1) is 32.8 Å². The first-order valence-corrected chi connectivity index (χ1v) is 9.99. The van der Waals surface area contributed by atoms with Crippen LogP contribution in [0.15, 0.2) is 42.5 Å². The van der Waals surface area contributed by atoms with E-state index in [4.69, 9.17) is 32.7 Å². The Morgan fingerprint density at radius 1 is 1.14 bits per heavy atom. The third-order valence-corrected chi connectivity index (χ3v) is 5.59. The number of nitrogens with zero attached hydrogens (tertiary/aromatic N) is 1. The predicted molar refractivity (Wildman–Crippen MR) is 111 cm³/mol. The molecule has 0 aliphatic carbocycles. The van der Waals surface area contributed by atoms with Crippen molar-refractivity contribution in [2.24, 2.45) is 0 Å². The Hall–Kier alpha value is -1.79. The van der Waals surface area contributed by atoms with E-state index in [1.54, 1.807) is 25.3 Å². The Morgan fingerprint density at radius 2 is 1.79 bits per heavy atom. The normalized spacial score (nSPS) is 15.8. The van der Waals surface area contributed by atoms with Gasteiger partial charge < -0.3 is 14.8 Å². The van der Waals surface area contributed by atoms with Gasteiger partial charge in [0.1, 0.15) is 5.75 Å². The van der Waals surface area contributed by atoms with Gasteiger partial charge in [0, 0.05) is 29.7 Å². The number of carbonyl (C=O) groups excluding carboxylic acids is 1. The lowest BCUT2D eigenvalue weighted by Crippen LogP contribution is -2.44. The summed E-state index contributed by atoms with van der Waals surface area (Å²) in [6.45, 7) is 3.52. The molecule has 1 amide bonds. The van der Waals surface area contributed by atoms with E-state index in [2.05, 4.69) is 10.2 Å². The molecular weight excluding hydrogens is 399 g/mol. The number of halogens is 2. The molecule has 0 unspecified atom stereocenters. The highest BCUT2D eigenvalue weighted by Crippen LogP contribution is 2.26. The van der Waals surface area contributed by atoms with Gasteiger partial charge in [-0.3, -0.25) is 9.69 Å². The van der Waals surface area contributed by atoms with Crippen molar-refractivity contribution in [2.45, 2.75) is 12.5 Å². The highest BCUT2D eigenvalue weighted by Gasteiger charge is 2.23. The Morgan fingerprint density at radius 3 is 2.39 bits per heavy atom. The number of hydrogen-bond donors (Lipinski definition) is 1. The summed E-state index contributed by atoms with van der Waals surface area (Å²) in [6.07, 6.45) is 0.150. The van der Waals surface area contributed by atoms with Gasteiger partial charge in [-0.25, -0.2) is 0 Å². The van der Waals surface area contributed by atoms with Crippen LogP contribution in [-0.4, -0.2) is 50.8 Å². The molecule has 1 saturated heterocycles. The highest BCUT2D eigenvalue weighted by atomic mass is 35.5. The number of amides is 1. The summed E-state index contributed by atoms with van der Waals surface area (Å²) in [7, 11) is 1.65. The number of benzene rings is 2. The second-order valence-electron chi connectivity index (χ2n) is 6.62. The predicted octanol–water partition coefficient (Wildman–Crippen LogP) is 3.73. The van der Waals surface area contributed by atoms with Crippen molar-refractivity contribution in [3.8, 4) is 5.75 Å². The van der Waals surface area contributed by atoms with Gasteiger partial charge in [-0.1, -0.05) is 41.4 Å². The van der Waals surface area contributed by atoms with Crippen LogP contribution in [0, 0.1) is 0 Å². The van der Waals surface area contributed by atoms with Crippen LogP contribution >= 0.6 is 23.2 Å². The van der Waals surface area contributed by atoms with Gasteiger partial charge in [-0.15, -0.1) is 0 Å². The van der Waals surface area contributed by atoms with E-state index in [-0.39, 0.29) is 18.4 Å². The minimum atomic E-state index is -0.109. The monoisotopic (exact) mass is 422 g/mol. The van der Waals surface area contributed by atoms with Gasteiger partial charge in [-0.2, -0.15) is 0 Å². The average molecular weight is 423 g/mol. The van der Waals surface area contributed by atoms with E-state index in [1.165, 1.54) is 0 Å². The Kier molecular flexibility index (Phi) is 7.57. The van der Waals surface area contributed by atoms with Crippen LogP contribution in [0.3, 0.4) is 0 Å². The molecule has 1 N–H and O–H groups in total. The molecule has 7 heteroatoms. The molecule has 0 bridgehead atoms. The van der Waals surface area contributed by atoms with Gasteiger partial charge in [0.2, 0.25) is 5.91 Å². The lowest BCUT2D eigenvalue weighted by molar-refractivity contribution is -0.120. The summed E-state index contributed by atoms with van der Waals surface area (Å²) in [5.41, 5.74) is 1.77. The SMILES string of the molecule is COc1ccc([C@H](CNC(=O)Cc2c(Cl)cccc2Cl)N2CCOCC2)cc1. The molecule has 0 saturated carbocycles. The van der Waals surface area contributed by atoms with Crippen molar-refractivity contribution in [1.29, 1.82) is 0 Å². The van der Waals surface area contributed by atoms with Crippen LogP contribution in [0.2, 0.25) is 10.0 Å². The molecule has 1 aliphatic heterocycles. The first kappa shape index (κ1) is 20.9. The van der Waals surface area contributed by atoms with Crippen LogP contribution in [0.5, 0.6) is 5.75 Å². The fourth-order valence-corrected chi connectivity index (χ4v) is 3.84. The zero-order valence-electron chi connectivity index (χ0n) is 15.8. The molecule has 28 heavy (non-hydrogen) atoms. The molecule has 1 atom stereocenters. The summed E-state index contributed by atoms with van der Waals surface area (Å²) in [5.74, 6) is 0.698. The second kappa shape index (κ2) is 10.1. The van der Waals surface area contributed by atoms with Crippen molar-refractivity contribution >= 4 is 29.1 Å². The highest BCUT2D eigenvalue weighted by molar-refractivity contribution is 6.36. The lowest BCUT2D eigenvalue weighted by atomic mass is 10.0. The molecule has 1 aliphatic rings. The van der Waals surface area contributed by atoms with E-state index in [9.17, 15) is 4.79 Å². The maximum atomic E-state index is 12.5. The Bertz CT molecular complexity index is 772. The zero-order chi connectivity index (χ0) is 19.9. The molecule has 2 aromatic rings. The van der Waals surface area contributed by atoms with Gasteiger partial charge >= 0.3 is 0 Å². The van der Waals surface area contributed by atoms with E-state index in [0.717, 1.165) is 24.4 Å². The number of methoxy groups -OCH3 is 1. The fraction of sp³-hybridized carbons (Fsp3) is 0.381. The average Bonchev–Trinajstić information content (AvgIpc) is 2.72. The largest absolute Gasteiger partial charge is 0.497 e. The summed E-state index contributed by atoms with van der Waals surface area (Å²) in [5, 5.41) is 4.04. The van der Waals surface area contributed by atoms with E-state index in [0.29, 0.717) is 35.4 Å². The molecule has 0 radical (unpaired) electrons. The maximum Gasteiger partial charge on any atom is 0.224 e. The Balaban J connectivity index is 1.69. The number of morpholine rings is 1. The minimum absolute atomic E-state index is 0.0560. The minimum Gasteiger partial charge on any atom is -0.497 e. The molecule has 3 rings (SSSR count). The maximum absolute atomic E-state index is 12.5. The van der Waals surface area contributed by atoms with E-state index in [1.807, 2.05) is 24.3 Å². The third kappa shape index (κ3) is 5.39. The fourth-order valence-electron chi connectivity index (χ4n) is 3.31. The van der Waals surface area contributed by atoms with Gasteiger partial charge in [-0.05, 0) is 35.4 Å². The van der Waals surface area contributed by atoms with Crippen molar-refractivity contribution in [2.75, 3.05) is 40.0 Å². The molecule has 1 fully saturated rings. The first-order chi connectivity index (χ1) is 13.6. The van der Waals surface area contributed by atoms with Crippen LogP contribution < -0.4 is 10.1 Å². The third-order valence-electron chi connectivity index (χ3n) is 4.88. The van der Waals surface area contributed by atoms with Crippen molar-refractivity contribution in [1.82, 2.24) is 10.2 Å². The smallest absolute Gasteiger partial charge is 0.224 e. The second-order valence-corrected chi connectivity index (χ2v) is 7.43. The molecule has 1 heterocycles.